The molecule has 1 aliphatic rings. The number of ether oxygens (including phenoxy) is 1. The van der Waals surface area contributed by atoms with E-state index in [9.17, 15) is 4.39 Å². The van der Waals surface area contributed by atoms with Crippen molar-refractivity contribution in [3.8, 4) is 5.75 Å². The predicted molar refractivity (Wildman–Crippen MR) is 113 cm³/mol. The minimum absolute atomic E-state index is 0. The zero-order valence-electron chi connectivity index (χ0n) is 14.7. The van der Waals surface area contributed by atoms with Crippen LogP contribution in [0.4, 0.5) is 4.39 Å². The molecule has 4 N–H and O–H groups in total. The summed E-state index contributed by atoms with van der Waals surface area (Å²) in [6.45, 7) is 0.951. The molecule has 0 bridgehead atoms. The predicted octanol–water partition coefficient (Wildman–Crippen LogP) is 3.97. The summed E-state index contributed by atoms with van der Waals surface area (Å²) >= 11 is 11.9. The molecule has 0 saturated carbocycles. The molecule has 1 aliphatic heterocycles. The topological polar surface area (TPSA) is 89.2 Å². The summed E-state index contributed by atoms with van der Waals surface area (Å²) < 4.78 is 18.9. The summed E-state index contributed by atoms with van der Waals surface area (Å²) in [6, 6.07) is 11.1. The van der Waals surface area contributed by atoms with Gasteiger partial charge in [-0.1, -0.05) is 35.3 Å². The maximum absolute atomic E-state index is 13.2. The van der Waals surface area contributed by atoms with Crippen LogP contribution < -0.4 is 16.2 Å². The quantitative estimate of drug-likeness (QED) is 0.657. The van der Waals surface area contributed by atoms with Gasteiger partial charge in [-0.25, -0.2) is 9.38 Å². The van der Waals surface area contributed by atoms with E-state index in [1.165, 1.54) is 12.1 Å². The van der Waals surface area contributed by atoms with Crippen molar-refractivity contribution in [2.24, 2.45) is 21.5 Å². The first-order valence-corrected chi connectivity index (χ1v) is 8.97. The molecule has 0 saturated heterocycles. The number of hydrogen-bond acceptors (Lipinski definition) is 6. The monoisotopic (exact) mass is 445 g/mol. The highest BCUT2D eigenvalue weighted by atomic mass is 35.5. The Labute approximate surface area is 178 Å². The lowest BCUT2D eigenvalue weighted by Crippen LogP contribution is -2.44. The fourth-order valence-corrected chi connectivity index (χ4v) is 2.94. The van der Waals surface area contributed by atoms with Crippen molar-refractivity contribution < 1.29 is 9.13 Å². The van der Waals surface area contributed by atoms with Gasteiger partial charge in [-0.3, -0.25) is 0 Å². The van der Waals surface area contributed by atoms with Crippen molar-refractivity contribution in [2.75, 3.05) is 13.2 Å². The molecule has 2 aromatic carbocycles. The Hall–Kier alpha value is -2.22. The number of guanidine groups is 2. The first-order valence-electron chi connectivity index (χ1n) is 8.21. The number of aliphatic imine (C=N–C) groups is 2. The summed E-state index contributed by atoms with van der Waals surface area (Å²) in [5, 5.41) is 0.904. The number of nitrogens with two attached hydrogens (primary N) is 2. The van der Waals surface area contributed by atoms with Gasteiger partial charge in [0.05, 0.1) is 16.7 Å². The van der Waals surface area contributed by atoms with Crippen LogP contribution in [-0.4, -0.2) is 30.0 Å². The molecule has 0 radical (unpaired) electrons. The smallest absolute Gasteiger partial charge is 0.220 e. The zero-order chi connectivity index (χ0) is 19.4. The minimum Gasteiger partial charge on any atom is -0.493 e. The lowest BCUT2D eigenvalue weighted by atomic mass is 10.1. The Morgan fingerprint density at radius 3 is 2.46 bits per heavy atom. The van der Waals surface area contributed by atoms with Crippen molar-refractivity contribution >= 4 is 47.5 Å². The molecule has 10 heteroatoms. The molecule has 150 valence electrons. The number of nitrogens with zero attached hydrogens (tertiary/aromatic N) is 3. The fourth-order valence-electron chi connectivity index (χ4n) is 2.65. The van der Waals surface area contributed by atoms with E-state index in [1.807, 2.05) is 0 Å². The van der Waals surface area contributed by atoms with Gasteiger partial charge in [0.25, 0.3) is 0 Å². The van der Waals surface area contributed by atoms with Crippen LogP contribution in [0.3, 0.4) is 0 Å². The Kier molecular flexibility index (Phi) is 7.74. The first kappa shape index (κ1) is 22.1. The van der Waals surface area contributed by atoms with Crippen molar-refractivity contribution in [3.05, 3.63) is 63.9 Å². The Morgan fingerprint density at radius 2 is 1.79 bits per heavy atom. The lowest BCUT2D eigenvalue weighted by molar-refractivity contribution is 0.258. The summed E-state index contributed by atoms with van der Waals surface area (Å²) in [5.74, 6) is 0.647. The van der Waals surface area contributed by atoms with Gasteiger partial charge in [-0.2, -0.15) is 4.99 Å². The van der Waals surface area contributed by atoms with Gasteiger partial charge < -0.3 is 21.1 Å². The summed E-state index contributed by atoms with van der Waals surface area (Å²) in [5.41, 5.74) is 12.5. The highest BCUT2D eigenvalue weighted by Crippen LogP contribution is 2.27. The van der Waals surface area contributed by atoms with Gasteiger partial charge in [-0.15, -0.1) is 12.4 Å². The van der Waals surface area contributed by atoms with E-state index in [-0.39, 0.29) is 30.1 Å². The maximum atomic E-state index is 13.2. The van der Waals surface area contributed by atoms with Gasteiger partial charge in [-0.05, 0) is 36.2 Å². The SMILES string of the molecule is Cl.NC1=NC(c2ccc(F)cc2)N(CCCOc2ccc(Cl)c(Cl)c2)C(N)=N1. The molecule has 1 atom stereocenters. The van der Waals surface area contributed by atoms with Crippen molar-refractivity contribution in [1.82, 2.24) is 4.90 Å². The van der Waals surface area contributed by atoms with E-state index in [0.717, 1.165) is 5.56 Å². The molecular weight excluding hydrogens is 428 g/mol. The van der Waals surface area contributed by atoms with Gasteiger partial charge in [0.1, 0.15) is 11.6 Å². The van der Waals surface area contributed by atoms with Crippen LogP contribution in [0.1, 0.15) is 18.2 Å². The average Bonchev–Trinajstić information content (AvgIpc) is 2.63. The summed E-state index contributed by atoms with van der Waals surface area (Å²) in [7, 11) is 0. The fraction of sp³-hybridized carbons (Fsp3) is 0.222. The Bertz CT molecular complexity index is 876. The van der Waals surface area contributed by atoms with Crippen molar-refractivity contribution in [3.63, 3.8) is 0 Å². The van der Waals surface area contributed by atoms with Crippen molar-refractivity contribution in [1.29, 1.82) is 0 Å². The van der Waals surface area contributed by atoms with Crippen molar-refractivity contribution in [2.45, 2.75) is 12.6 Å². The molecule has 28 heavy (non-hydrogen) atoms. The molecule has 0 aliphatic carbocycles. The number of halogens is 4. The maximum Gasteiger partial charge on any atom is 0.220 e. The lowest BCUT2D eigenvalue weighted by Gasteiger charge is -2.32. The first-order chi connectivity index (χ1) is 12.9. The normalized spacial score (nSPS) is 16.1. The number of rotatable bonds is 6. The van der Waals surface area contributed by atoms with Crippen LogP contribution >= 0.6 is 35.6 Å². The van der Waals surface area contributed by atoms with Crippen LogP contribution in [0, 0.1) is 5.82 Å². The second-order valence-electron chi connectivity index (χ2n) is 5.85. The van der Waals surface area contributed by atoms with Crippen LogP contribution in [0.2, 0.25) is 10.0 Å². The van der Waals surface area contributed by atoms with Gasteiger partial charge in [0.15, 0.2) is 6.17 Å². The van der Waals surface area contributed by atoms with Crippen LogP contribution in [0.15, 0.2) is 52.4 Å². The molecule has 1 unspecified atom stereocenters. The second kappa shape index (κ2) is 9.82. The highest BCUT2D eigenvalue weighted by Gasteiger charge is 2.25. The second-order valence-corrected chi connectivity index (χ2v) is 6.67. The standard InChI is InChI=1S/C18H18Cl2FN5O.ClH/c19-14-7-6-13(10-15(14)20)27-9-1-8-26-16(24-17(22)25-18(26)23)11-2-4-12(21)5-3-11;/h2-7,10,16H,1,8-9H2,(H4,22,23,24,25);1H. The molecule has 0 amide bonds. The third kappa shape index (κ3) is 5.41. The highest BCUT2D eigenvalue weighted by molar-refractivity contribution is 6.42. The number of hydrogen-bond donors (Lipinski definition) is 2. The van der Waals surface area contributed by atoms with E-state index in [1.54, 1.807) is 35.2 Å². The summed E-state index contributed by atoms with van der Waals surface area (Å²) in [4.78, 5) is 10.1. The largest absolute Gasteiger partial charge is 0.493 e. The van der Waals surface area contributed by atoms with Crippen LogP contribution in [0.25, 0.3) is 0 Å². The Balaban J connectivity index is 0.00000280. The van der Waals surface area contributed by atoms with E-state index >= 15 is 0 Å². The van der Waals surface area contributed by atoms with Gasteiger partial charge in [0.2, 0.25) is 11.9 Å². The average molecular weight is 447 g/mol. The molecule has 1 heterocycles. The van der Waals surface area contributed by atoms with E-state index in [2.05, 4.69) is 9.98 Å². The van der Waals surface area contributed by atoms with Crippen LogP contribution in [-0.2, 0) is 0 Å². The molecule has 3 rings (SSSR count). The van der Waals surface area contributed by atoms with Gasteiger partial charge >= 0.3 is 0 Å². The molecule has 6 nitrogen and oxygen atoms in total. The minimum atomic E-state index is -0.465. The third-order valence-electron chi connectivity index (χ3n) is 3.94. The van der Waals surface area contributed by atoms with Crippen LogP contribution in [0.5, 0.6) is 5.75 Å². The van der Waals surface area contributed by atoms with Gasteiger partial charge in [0, 0.05) is 12.6 Å². The summed E-state index contributed by atoms with van der Waals surface area (Å²) in [6.07, 6.45) is 0.178. The van der Waals surface area contributed by atoms with E-state index in [0.29, 0.717) is 35.4 Å². The zero-order valence-corrected chi connectivity index (χ0v) is 17.0. The molecule has 0 spiro atoms. The third-order valence-corrected chi connectivity index (χ3v) is 4.68. The molecular formula is C18H19Cl3FN5O. The Morgan fingerprint density at radius 1 is 1.07 bits per heavy atom. The molecule has 0 fully saturated rings. The van der Waals surface area contributed by atoms with E-state index < -0.39 is 6.17 Å². The van der Waals surface area contributed by atoms with E-state index in [4.69, 9.17) is 39.4 Å². The number of benzene rings is 2. The molecule has 0 aromatic heterocycles. The molecule has 2 aromatic rings.